The van der Waals surface area contributed by atoms with Gasteiger partial charge in [0.1, 0.15) is 0 Å². The molecule has 0 saturated heterocycles. The number of hydrogen-bond donors (Lipinski definition) is 1. The Labute approximate surface area is 95.6 Å². The standard InChI is InChI=1S/C10H10BrN3O/c11-8-4-2-1-3-7(8)10-13-9(5-6-12)15-14-10/h1-4H,5-6,12H2. The molecule has 2 N–H and O–H groups in total. The summed E-state index contributed by atoms with van der Waals surface area (Å²) in [7, 11) is 0. The van der Waals surface area contributed by atoms with Crippen molar-refractivity contribution >= 4 is 15.9 Å². The van der Waals surface area contributed by atoms with Crippen molar-refractivity contribution in [2.45, 2.75) is 6.42 Å². The van der Waals surface area contributed by atoms with Crippen LogP contribution in [0.25, 0.3) is 11.4 Å². The number of rotatable bonds is 3. The van der Waals surface area contributed by atoms with Gasteiger partial charge in [-0.2, -0.15) is 4.98 Å². The molecule has 5 heteroatoms. The lowest BCUT2D eigenvalue weighted by atomic mass is 10.2. The van der Waals surface area contributed by atoms with Crippen LogP contribution in [0.4, 0.5) is 0 Å². The zero-order chi connectivity index (χ0) is 10.7. The van der Waals surface area contributed by atoms with Crippen molar-refractivity contribution in [3.63, 3.8) is 0 Å². The van der Waals surface area contributed by atoms with Gasteiger partial charge < -0.3 is 10.3 Å². The van der Waals surface area contributed by atoms with Crippen molar-refractivity contribution in [2.75, 3.05) is 6.54 Å². The molecule has 2 aromatic rings. The minimum Gasteiger partial charge on any atom is -0.339 e. The van der Waals surface area contributed by atoms with Gasteiger partial charge in [0.2, 0.25) is 11.7 Å². The van der Waals surface area contributed by atoms with Gasteiger partial charge in [0, 0.05) is 23.0 Å². The molecule has 0 aliphatic carbocycles. The lowest BCUT2D eigenvalue weighted by molar-refractivity contribution is 0.380. The van der Waals surface area contributed by atoms with Crippen LogP contribution >= 0.6 is 15.9 Å². The summed E-state index contributed by atoms with van der Waals surface area (Å²) in [4.78, 5) is 4.24. The van der Waals surface area contributed by atoms with E-state index in [1.165, 1.54) is 0 Å². The highest BCUT2D eigenvalue weighted by Gasteiger charge is 2.09. The Balaban J connectivity index is 2.33. The largest absolute Gasteiger partial charge is 0.339 e. The van der Waals surface area contributed by atoms with Gasteiger partial charge >= 0.3 is 0 Å². The Kier molecular flexibility index (Phi) is 3.13. The topological polar surface area (TPSA) is 64.9 Å². The Morgan fingerprint density at radius 3 is 2.87 bits per heavy atom. The number of nitrogens with two attached hydrogens (primary N) is 1. The first-order valence-corrected chi connectivity index (χ1v) is 5.38. The fraction of sp³-hybridized carbons (Fsp3) is 0.200. The quantitative estimate of drug-likeness (QED) is 0.924. The van der Waals surface area contributed by atoms with Crippen LogP contribution in [-0.2, 0) is 6.42 Å². The van der Waals surface area contributed by atoms with Crippen molar-refractivity contribution in [1.82, 2.24) is 10.1 Å². The smallest absolute Gasteiger partial charge is 0.228 e. The van der Waals surface area contributed by atoms with Crippen LogP contribution in [0.15, 0.2) is 33.3 Å². The molecule has 0 saturated carbocycles. The Hall–Kier alpha value is -1.20. The van der Waals surface area contributed by atoms with E-state index >= 15 is 0 Å². The van der Waals surface area contributed by atoms with Crippen LogP contribution < -0.4 is 5.73 Å². The molecule has 0 aliphatic heterocycles. The normalized spacial score (nSPS) is 10.5. The summed E-state index contributed by atoms with van der Waals surface area (Å²) in [5, 5.41) is 3.89. The number of aromatic nitrogens is 2. The summed E-state index contributed by atoms with van der Waals surface area (Å²) in [6.07, 6.45) is 0.609. The van der Waals surface area contributed by atoms with Gasteiger partial charge in [-0.3, -0.25) is 0 Å². The van der Waals surface area contributed by atoms with Crippen LogP contribution in [0, 0.1) is 0 Å². The number of benzene rings is 1. The van der Waals surface area contributed by atoms with Crippen molar-refractivity contribution in [3.8, 4) is 11.4 Å². The van der Waals surface area contributed by atoms with E-state index in [4.69, 9.17) is 10.3 Å². The maximum atomic E-state index is 5.40. The maximum absolute atomic E-state index is 5.40. The van der Waals surface area contributed by atoms with Crippen LogP contribution in [0.3, 0.4) is 0 Å². The summed E-state index contributed by atoms with van der Waals surface area (Å²) in [6.45, 7) is 0.512. The predicted molar refractivity (Wildman–Crippen MR) is 60.2 cm³/mol. The summed E-state index contributed by atoms with van der Waals surface area (Å²) in [5.74, 6) is 1.16. The third-order valence-electron chi connectivity index (χ3n) is 1.94. The molecule has 4 nitrogen and oxygen atoms in total. The third kappa shape index (κ3) is 2.24. The molecule has 0 amide bonds. The second kappa shape index (κ2) is 4.55. The first kappa shape index (κ1) is 10.3. The van der Waals surface area contributed by atoms with Gasteiger partial charge in [-0.15, -0.1) is 0 Å². The van der Waals surface area contributed by atoms with E-state index in [2.05, 4.69) is 26.1 Å². The molecule has 0 spiro atoms. The molecule has 78 valence electrons. The van der Waals surface area contributed by atoms with Crippen LogP contribution in [0.5, 0.6) is 0 Å². The monoisotopic (exact) mass is 267 g/mol. The molecular formula is C10H10BrN3O. The van der Waals surface area contributed by atoms with E-state index in [1.54, 1.807) is 0 Å². The summed E-state index contributed by atoms with van der Waals surface area (Å²) < 4.78 is 6.00. The SMILES string of the molecule is NCCc1nc(-c2ccccc2Br)no1. The van der Waals surface area contributed by atoms with Gasteiger partial charge in [-0.1, -0.05) is 33.2 Å². The minimum absolute atomic E-state index is 0.512. The summed E-state index contributed by atoms with van der Waals surface area (Å²) in [5.41, 5.74) is 6.32. The molecule has 2 rings (SSSR count). The van der Waals surface area contributed by atoms with Gasteiger partial charge in [0.25, 0.3) is 0 Å². The molecule has 1 aromatic carbocycles. The van der Waals surface area contributed by atoms with E-state index in [-0.39, 0.29) is 0 Å². The number of nitrogens with zero attached hydrogens (tertiary/aromatic N) is 2. The molecule has 0 atom stereocenters. The average molecular weight is 268 g/mol. The molecule has 15 heavy (non-hydrogen) atoms. The Morgan fingerprint density at radius 2 is 2.13 bits per heavy atom. The zero-order valence-corrected chi connectivity index (χ0v) is 9.57. The van der Waals surface area contributed by atoms with E-state index in [0.717, 1.165) is 10.0 Å². The van der Waals surface area contributed by atoms with Crippen molar-refractivity contribution in [1.29, 1.82) is 0 Å². The summed E-state index contributed by atoms with van der Waals surface area (Å²) in [6, 6.07) is 7.74. The lowest BCUT2D eigenvalue weighted by Crippen LogP contribution is -2.02. The van der Waals surface area contributed by atoms with Crippen LogP contribution in [0.2, 0.25) is 0 Å². The molecule has 0 radical (unpaired) electrons. The van der Waals surface area contributed by atoms with Gasteiger partial charge in [-0.25, -0.2) is 0 Å². The second-order valence-electron chi connectivity index (χ2n) is 3.03. The fourth-order valence-corrected chi connectivity index (χ4v) is 1.69. The molecule has 1 heterocycles. The second-order valence-corrected chi connectivity index (χ2v) is 3.88. The molecule has 0 aliphatic rings. The maximum Gasteiger partial charge on any atom is 0.228 e. The molecule has 0 unspecified atom stereocenters. The zero-order valence-electron chi connectivity index (χ0n) is 7.98. The highest BCUT2D eigenvalue weighted by Crippen LogP contribution is 2.25. The van der Waals surface area contributed by atoms with E-state index in [9.17, 15) is 0 Å². The number of halogens is 1. The van der Waals surface area contributed by atoms with E-state index < -0.39 is 0 Å². The average Bonchev–Trinajstić information content (AvgIpc) is 2.68. The van der Waals surface area contributed by atoms with Gasteiger partial charge in [0.05, 0.1) is 0 Å². The van der Waals surface area contributed by atoms with Crippen molar-refractivity contribution in [3.05, 3.63) is 34.6 Å². The van der Waals surface area contributed by atoms with Crippen LogP contribution in [-0.4, -0.2) is 16.7 Å². The van der Waals surface area contributed by atoms with Crippen molar-refractivity contribution < 1.29 is 4.52 Å². The first-order valence-electron chi connectivity index (χ1n) is 4.59. The summed E-state index contributed by atoms with van der Waals surface area (Å²) >= 11 is 3.43. The number of hydrogen-bond acceptors (Lipinski definition) is 4. The Morgan fingerprint density at radius 1 is 1.33 bits per heavy atom. The minimum atomic E-state index is 0.512. The predicted octanol–water partition coefficient (Wildman–Crippen LogP) is 2.00. The fourth-order valence-electron chi connectivity index (χ4n) is 1.23. The van der Waals surface area contributed by atoms with Gasteiger partial charge in [0.15, 0.2) is 0 Å². The van der Waals surface area contributed by atoms with Crippen LogP contribution in [0.1, 0.15) is 5.89 Å². The van der Waals surface area contributed by atoms with E-state index in [0.29, 0.717) is 24.7 Å². The molecular weight excluding hydrogens is 258 g/mol. The molecule has 0 bridgehead atoms. The highest BCUT2D eigenvalue weighted by molar-refractivity contribution is 9.10. The molecule has 0 fully saturated rings. The third-order valence-corrected chi connectivity index (χ3v) is 2.63. The van der Waals surface area contributed by atoms with Gasteiger partial charge in [-0.05, 0) is 12.1 Å². The van der Waals surface area contributed by atoms with Crippen molar-refractivity contribution in [2.24, 2.45) is 5.73 Å². The van der Waals surface area contributed by atoms with E-state index in [1.807, 2.05) is 24.3 Å². The highest BCUT2D eigenvalue weighted by atomic mass is 79.9. The molecule has 1 aromatic heterocycles. The lowest BCUT2D eigenvalue weighted by Gasteiger charge is -1.96. The Bertz CT molecular complexity index is 455. The first-order chi connectivity index (χ1) is 7.31.